The van der Waals surface area contributed by atoms with Crippen LogP contribution in [0.2, 0.25) is 0 Å². The second-order valence-corrected chi connectivity index (χ2v) is 2.20. The molecule has 0 saturated carbocycles. The van der Waals surface area contributed by atoms with Gasteiger partial charge >= 0.3 is 0 Å². The number of hydrazine groups is 1. The fourth-order valence-corrected chi connectivity index (χ4v) is 0.905. The molecular weight excluding hydrogens is 156 g/mol. The Kier molecular flexibility index (Phi) is 2.63. The Morgan fingerprint density at radius 3 is 2.42 bits per heavy atom. The summed E-state index contributed by atoms with van der Waals surface area (Å²) in [5, 5.41) is 10.9. The van der Waals surface area contributed by atoms with Crippen LogP contribution in [0, 0.1) is 17.0 Å². The molecule has 0 aliphatic carbocycles. The van der Waals surface area contributed by atoms with Gasteiger partial charge in [0, 0.05) is 0 Å². The number of nitrogens with zero attached hydrogens (tertiary/aromatic N) is 2. The molecule has 0 unspecified atom stereocenters. The maximum Gasteiger partial charge on any atom is 0.165 e. The predicted octanol–water partition coefficient (Wildman–Crippen LogP) is 1.52. The molecule has 0 heterocycles. The van der Waals surface area contributed by atoms with Crippen molar-refractivity contribution in [1.29, 1.82) is 0 Å². The lowest BCUT2D eigenvalue weighted by atomic mass is 10.3. The van der Waals surface area contributed by atoms with Gasteiger partial charge in [-0.25, -0.2) is 10.1 Å². The van der Waals surface area contributed by atoms with Gasteiger partial charge in [0.05, 0.1) is 6.54 Å². The number of para-hydroxylation sites is 1. The third kappa shape index (κ3) is 1.72. The largest absolute Gasteiger partial charge is 0.234 e. The molecule has 1 aromatic carbocycles. The molecule has 0 bridgehead atoms. The first-order valence-corrected chi connectivity index (χ1v) is 3.52. The fraction of sp³-hybridized carbons (Fsp3) is 0.125. The summed E-state index contributed by atoms with van der Waals surface area (Å²) in [5.74, 6) is 0. The summed E-state index contributed by atoms with van der Waals surface area (Å²) >= 11 is 0. The van der Waals surface area contributed by atoms with Crippen molar-refractivity contribution in [2.24, 2.45) is 0 Å². The van der Waals surface area contributed by atoms with Crippen LogP contribution in [0.1, 0.15) is 0 Å². The van der Waals surface area contributed by atoms with Crippen molar-refractivity contribution in [3.63, 3.8) is 0 Å². The minimum Gasteiger partial charge on any atom is -0.234 e. The molecule has 0 fully saturated rings. The SMILES string of the molecule is [CH2]CN(c1ccccc1)[N+](=O)[O-]. The molecule has 4 nitrogen and oxygen atoms in total. The Balaban J connectivity index is 2.88. The minimum absolute atomic E-state index is 0.122. The Hall–Kier alpha value is -1.58. The molecule has 63 valence electrons. The van der Waals surface area contributed by atoms with E-state index in [0.717, 1.165) is 5.01 Å². The topological polar surface area (TPSA) is 46.4 Å². The summed E-state index contributed by atoms with van der Waals surface area (Å²) in [6.45, 7) is 3.59. The first kappa shape index (κ1) is 8.52. The Morgan fingerprint density at radius 2 is 2.00 bits per heavy atom. The highest BCUT2D eigenvalue weighted by atomic mass is 16.7. The summed E-state index contributed by atoms with van der Waals surface area (Å²) < 4.78 is 0. The van der Waals surface area contributed by atoms with Gasteiger partial charge in [0.15, 0.2) is 5.03 Å². The third-order valence-corrected chi connectivity index (χ3v) is 1.46. The van der Waals surface area contributed by atoms with Crippen LogP contribution >= 0.6 is 0 Å². The number of rotatable bonds is 3. The second kappa shape index (κ2) is 3.71. The average molecular weight is 165 g/mol. The van der Waals surface area contributed by atoms with Crippen molar-refractivity contribution < 1.29 is 5.03 Å². The summed E-state index contributed by atoms with van der Waals surface area (Å²) in [6.07, 6.45) is 0. The van der Waals surface area contributed by atoms with E-state index in [1.54, 1.807) is 24.3 Å². The van der Waals surface area contributed by atoms with Crippen LogP contribution in [0.15, 0.2) is 30.3 Å². The maximum atomic E-state index is 10.4. The van der Waals surface area contributed by atoms with E-state index in [1.807, 2.05) is 6.07 Å². The Labute approximate surface area is 70.5 Å². The first-order valence-electron chi connectivity index (χ1n) is 3.52. The quantitative estimate of drug-likeness (QED) is 0.504. The molecule has 4 heteroatoms. The molecule has 0 spiro atoms. The van der Waals surface area contributed by atoms with Crippen LogP contribution in [-0.4, -0.2) is 11.6 Å². The summed E-state index contributed by atoms with van der Waals surface area (Å²) in [7, 11) is 0. The van der Waals surface area contributed by atoms with Gasteiger partial charge in [0.25, 0.3) is 0 Å². The summed E-state index contributed by atoms with van der Waals surface area (Å²) in [5.41, 5.74) is 0.553. The maximum absolute atomic E-state index is 10.4. The van der Waals surface area contributed by atoms with Gasteiger partial charge in [0.1, 0.15) is 5.69 Å². The number of hydrogen-bond acceptors (Lipinski definition) is 2. The predicted molar refractivity (Wildman–Crippen MR) is 46.1 cm³/mol. The normalized spacial score (nSPS) is 9.42. The highest BCUT2D eigenvalue weighted by Gasteiger charge is 2.12. The zero-order valence-electron chi connectivity index (χ0n) is 6.51. The Bertz CT molecular complexity index is 261. The van der Waals surface area contributed by atoms with E-state index in [4.69, 9.17) is 0 Å². The molecule has 12 heavy (non-hydrogen) atoms. The zero-order valence-corrected chi connectivity index (χ0v) is 6.51. The van der Waals surface area contributed by atoms with E-state index in [2.05, 4.69) is 6.92 Å². The van der Waals surface area contributed by atoms with Crippen molar-refractivity contribution in [1.82, 2.24) is 0 Å². The lowest BCUT2D eigenvalue weighted by Gasteiger charge is -2.10. The smallest absolute Gasteiger partial charge is 0.165 e. The average Bonchev–Trinajstić information content (AvgIpc) is 2.07. The van der Waals surface area contributed by atoms with Crippen LogP contribution in [0.25, 0.3) is 0 Å². The lowest BCUT2D eigenvalue weighted by Crippen LogP contribution is -2.29. The molecule has 0 aliphatic heterocycles. The van der Waals surface area contributed by atoms with Crippen molar-refractivity contribution in [2.45, 2.75) is 0 Å². The molecule has 0 aromatic heterocycles. The van der Waals surface area contributed by atoms with Crippen molar-refractivity contribution >= 4 is 5.69 Å². The van der Waals surface area contributed by atoms with Crippen molar-refractivity contribution in [3.8, 4) is 0 Å². The third-order valence-electron chi connectivity index (χ3n) is 1.46. The monoisotopic (exact) mass is 165 g/mol. The fourth-order valence-electron chi connectivity index (χ4n) is 0.905. The highest BCUT2D eigenvalue weighted by molar-refractivity contribution is 5.42. The summed E-state index contributed by atoms with van der Waals surface area (Å²) in [4.78, 5) is 10.4. The van der Waals surface area contributed by atoms with Gasteiger partial charge in [-0.05, 0) is 19.1 Å². The molecule has 1 radical (unpaired) electrons. The standard InChI is InChI=1S/C8H9N2O2/c1-2-9(10(11)12)8-6-4-3-5-7-8/h3-7H,1-2H2. The van der Waals surface area contributed by atoms with Crippen LogP contribution < -0.4 is 5.01 Å². The van der Waals surface area contributed by atoms with Gasteiger partial charge in [0.2, 0.25) is 0 Å². The minimum atomic E-state index is -0.470. The van der Waals surface area contributed by atoms with E-state index in [1.165, 1.54) is 0 Å². The van der Waals surface area contributed by atoms with E-state index >= 15 is 0 Å². The number of nitro groups is 1. The number of anilines is 1. The van der Waals surface area contributed by atoms with E-state index in [-0.39, 0.29) is 6.54 Å². The molecule has 0 N–H and O–H groups in total. The highest BCUT2D eigenvalue weighted by Crippen LogP contribution is 2.11. The molecule has 1 aromatic rings. The van der Waals surface area contributed by atoms with Gasteiger partial charge in [-0.15, -0.1) is 0 Å². The van der Waals surface area contributed by atoms with Crippen LogP contribution in [0.3, 0.4) is 0 Å². The van der Waals surface area contributed by atoms with Gasteiger partial charge in [-0.2, -0.15) is 0 Å². The van der Waals surface area contributed by atoms with Gasteiger partial charge in [-0.1, -0.05) is 23.2 Å². The van der Waals surface area contributed by atoms with Crippen molar-refractivity contribution in [2.75, 3.05) is 11.6 Å². The molecule has 0 atom stereocenters. The van der Waals surface area contributed by atoms with Gasteiger partial charge in [-0.3, -0.25) is 0 Å². The lowest BCUT2D eigenvalue weighted by molar-refractivity contribution is -0.493. The molecule has 0 saturated heterocycles. The van der Waals surface area contributed by atoms with Crippen LogP contribution in [-0.2, 0) is 0 Å². The molecular formula is C8H9N2O2. The molecule has 0 amide bonds. The van der Waals surface area contributed by atoms with Gasteiger partial charge < -0.3 is 0 Å². The Morgan fingerprint density at radius 1 is 1.42 bits per heavy atom. The van der Waals surface area contributed by atoms with Crippen LogP contribution in [0.5, 0.6) is 0 Å². The van der Waals surface area contributed by atoms with E-state index < -0.39 is 5.03 Å². The second-order valence-electron chi connectivity index (χ2n) is 2.20. The number of benzene rings is 1. The molecule has 0 aliphatic rings. The first-order chi connectivity index (χ1) is 5.75. The molecule has 1 rings (SSSR count). The zero-order chi connectivity index (χ0) is 8.97. The summed E-state index contributed by atoms with van der Waals surface area (Å²) in [6, 6.07) is 8.66. The van der Waals surface area contributed by atoms with E-state index in [9.17, 15) is 10.1 Å². The number of hydrogen-bond donors (Lipinski definition) is 0. The van der Waals surface area contributed by atoms with Crippen LogP contribution in [0.4, 0.5) is 5.69 Å². The van der Waals surface area contributed by atoms with Crippen molar-refractivity contribution in [3.05, 3.63) is 47.4 Å². The van der Waals surface area contributed by atoms with E-state index in [0.29, 0.717) is 5.69 Å².